The quantitative estimate of drug-likeness (QED) is 0.430. The highest BCUT2D eigenvalue weighted by atomic mass is 32.2. The van der Waals surface area contributed by atoms with Gasteiger partial charge in [-0.3, -0.25) is 4.79 Å². The van der Waals surface area contributed by atoms with Crippen molar-refractivity contribution >= 4 is 21.6 Å². The third-order valence-electron chi connectivity index (χ3n) is 5.21. The van der Waals surface area contributed by atoms with Crippen LogP contribution in [0.25, 0.3) is 0 Å². The highest BCUT2D eigenvalue weighted by Crippen LogP contribution is 2.26. The molecule has 2 rings (SSSR count). The number of aryl methyl sites for hydroxylation is 1. The Bertz CT molecular complexity index is 931. The van der Waals surface area contributed by atoms with Crippen molar-refractivity contribution in [1.82, 2.24) is 10.0 Å². The molecule has 0 heterocycles. The van der Waals surface area contributed by atoms with Crippen LogP contribution < -0.4 is 15.8 Å². The van der Waals surface area contributed by atoms with Gasteiger partial charge in [-0.05, 0) is 68.9 Å². The Kier molecular flexibility index (Phi) is 8.80. The fraction of sp³-hybridized carbons (Fsp3) is 0.409. The van der Waals surface area contributed by atoms with Crippen LogP contribution in [0.5, 0.6) is 0 Å². The normalized spacial score (nSPS) is 20.7. The molecule has 0 unspecified atom stereocenters. The number of nitrogens with two attached hydrogens (primary N) is 1. The maximum absolute atomic E-state index is 12.6. The van der Waals surface area contributed by atoms with E-state index in [-0.39, 0.29) is 22.8 Å². The Hall–Kier alpha value is -2.45. The van der Waals surface area contributed by atoms with Gasteiger partial charge in [0.2, 0.25) is 15.9 Å². The van der Waals surface area contributed by atoms with Gasteiger partial charge in [0.25, 0.3) is 0 Å². The van der Waals surface area contributed by atoms with E-state index in [0.717, 1.165) is 11.1 Å². The number of rotatable bonds is 8. The maximum Gasteiger partial charge on any atom is 0.240 e. The number of hydrogen-bond donors (Lipinski definition) is 3. The molecule has 0 radical (unpaired) electrons. The maximum atomic E-state index is 12.6. The van der Waals surface area contributed by atoms with E-state index in [4.69, 9.17) is 5.73 Å². The Labute approximate surface area is 178 Å². The van der Waals surface area contributed by atoms with Crippen LogP contribution in [-0.2, 0) is 14.8 Å². The van der Waals surface area contributed by atoms with E-state index in [1.54, 1.807) is 18.2 Å². The molecule has 1 amide bonds. The molecular formula is C22H30FN3O3S. The predicted octanol–water partition coefficient (Wildman–Crippen LogP) is 3.52. The van der Waals surface area contributed by atoms with Crippen LogP contribution in [0, 0.1) is 12.8 Å². The Morgan fingerprint density at radius 3 is 2.57 bits per heavy atom. The molecule has 8 heteroatoms. The summed E-state index contributed by atoms with van der Waals surface area (Å²) >= 11 is 0. The summed E-state index contributed by atoms with van der Waals surface area (Å²) in [5.41, 5.74) is 7.88. The second-order valence-electron chi connectivity index (χ2n) is 7.47. The minimum atomic E-state index is -3.66. The molecule has 0 aliphatic heterocycles. The Morgan fingerprint density at radius 2 is 1.97 bits per heavy atom. The molecule has 30 heavy (non-hydrogen) atoms. The van der Waals surface area contributed by atoms with Crippen molar-refractivity contribution in [3.05, 3.63) is 60.0 Å². The largest absolute Gasteiger partial charge is 0.398 e. The Morgan fingerprint density at radius 1 is 1.27 bits per heavy atom. The first-order valence-corrected chi connectivity index (χ1v) is 11.5. The number of allylic oxidation sites excluding steroid dienone is 3. The number of nitrogens with one attached hydrogen (secondary N) is 2. The zero-order valence-electron chi connectivity index (χ0n) is 17.4. The number of benzene rings is 1. The molecule has 6 nitrogen and oxygen atoms in total. The van der Waals surface area contributed by atoms with Gasteiger partial charge >= 0.3 is 0 Å². The average molecular weight is 436 g/mol. The first-order chi connectivity index (χ1) is 14.3. The van der Waals surface area contributed by atoms with Crippen molar-refractivity contribution in [2.24, 2.45) is 5.92 Å². The van der Waals surface area contributed by atoms with Gasteiger partial charge in [-0.1, -0.05) is 24.3 Å². The van der Waals surface area contributed by atoms with Crippen LogP contribution in [0.3, 0.4) is 0 Å². The van der Waals surface area contributed by atoms with Crippen molar-refractivity contribution in [2.75, 3.05) is 12.3 Å². The van der Waals surface area contributed by atoms with Crippen LogP contribution in [0.2, 0.25) is 0 Å². The SMILES string of the molecule is C\C=C/C(=C\C=C\F)CNC(=O)C1CCC(NS(=O)(=O)c2ccc(C)c(N)c2)CC1. The molecule has 1 aromatic carbocycles. The minimum absolute atomic E-state index is 0.0674. The highest BCUT2D eigenvalue weighted by molar-refractivity contribution is 7.89. The molecule has 0 bridgehead atoms. The van der Waals surface area contributed by atoms with Crippen molar-refractivity contribution in [3.8, 4) is 0 Å². The monoisotopic (exact) mass is 435 g/mol. The van der Waals surface area contributed by atoms with Gasteiger partial charge in [-0.25, -0.2) is 17.5 Å². The fourth-order valence-corrected chi connectivity index (χ4v) is 4.77. The van der Waals surface area contributed by atoms with Gasteiger partial charge in [0.15, 0.2) is 0 Å². The zero-order valence-corrected chi connectivity index (χ0v) is 18.2. The van der Waals surface area contributed by atoms with E-state index < -0.39 is 10.0 Å². The molecule has 4 N–H and O–H groups in total. The van der Waals surface area contributed by atoms with Gasteiger partial charge < -0.3 is 11.1 Å². The van der Waals surface area contributed by atoms with Crippen LogP contribution in [0.4, 0.5) is 10.1 Å². The lowest BCUT2D eigenvalue weighted by atomic mass is 9.86. The summed E-state index contributed by atoms with van der Waals surface area (Å²) in [5, 5.41) is 2.88. The van der Waals surface area contributed by atoms with Gasteiger partial charge in [-0.15, -0.1) is 0 Å². The molecule has 0 spiro atoms. The molecule has 0 saturated heterocycles. The number of halogens is 1. The second-order valence-corrected chi connectivity index (χ2v) is 9.18. The van der Waals surface area contributed by atoms with E-state index in [0.29, 0.717) is 44.2 Å². The smallest absolute Gasteiger partial charge is 0.240 e. The summed E-state index contributed by atoms with van der Waals surface area (Å²) in [6.07, 6.45) is 9.32. The fourth-order valence-electron chi connectivity index (χ4n) is 3.43. The minimum Gasteiger partial charge on any atom is -0.398 e. The molecule has 1 aliphatic carbocycles. The van der Waals surface area contributed by atoms with E-state index in [9.17, 15) is 17.6 Å². The third kappa shape index (κ3) is 6.81. The summed E-state index contributed by atoms with van der Waals surface area (Å²) in [6.45, 7) is 3.98. The number of anilines is 1. The number of sulfonamides is 1. The second kappa shape index (κ2) is 11.1. The van der Waals surface area contributed by atoms with E-state index in [2.05, 4.69) is 10.0 Å². The Balaban J connectivity index is 1.88. The summed E-state index contributed by atoms with van der Waals surface area (Å²) < 4.78 is 40.2. The van der Waals surface area contributed by atoms with Crippen LogP contribution in [-0.4, -0.2) is 26.9 Å². The number of amides is 1. The van der Waals surface area contributed by atoms with Gasteiger partial charge in [0.1, 0.15) is 0 Å². The summed E-state index contributed by atoms with van der Waals surface area (Å²) in [5.74, 6) is -0.230. The molecule has 1 fully saturated rings. The number of hydrogen-bond acceptors (Lipinski definition) is 4. The lowest BCUT2D eigenvalue weighted by Gasteiger charge is -2.28. The lowest BCUT2D eigenvalue weighted by molar-refractivity contribution is -0.125. The highest BCUT2D eigenvalue weighted by Gasteiger charge is 2.29. The number of carbonyl (C=O) groups is 1. The third-order valence-corrected chi connectivity index (χ3v) is 6.73. The molecule has 1 saturated carbocycles. The van der Waals surface area contributed by atoms with Crippen LogP contribution >= 0.6 is 0 Å². The molecule has 0 aromatic heterocycles. The lowest BCUT2D eigenvalue weighted by Crippen LogP contribution is -2.41. The summed E-state index contributed by atoms with van der Waals surface area (Å²) in [4.78, 5) is 12.6. The van der Waals surface area contributed by atoms with Gasteiger partial charge in [-0.2, -0.15) is 0 Å². The number of nitrogen functional groups attached to an aromatic ring is 1. The van der Waals surface area contributed by atoms with Crippen LogP contribution in [0.1, 0.15) is 38.2 Å². The molecule has 0 atom stereocenters. The summed E-state index contributed by atoms with van der Waals surface area (Å²) in [7, 11) is -3.66. The van der Waals surface area contributed by atoms with Gasteiger partial charge in [0.05, 0.1) is 11.2 Å². The van der Waals surface area contributed by atoms with Gasteiger partial charge in [0, 0.05) is 24.2 Å². The molecule has 164 valence electrons. The first kappa shape index (κ1) is 23.8. The molecule has 1 aromatic rings. The topological polar surface area (TPSA) is 101 Å². The van der Waals surface area contributed by atoms with Crippen molar-refractivity contribution in [1.29, 1.82) is 0 Å². The van der Waals surface area contributed by atoms with Crippen molar-refractivity contribution in [2.45, 2.75) is 50.5 Å². The van der Waals surface area contributed by atoms with Crippen molar-refractivity contribution < 1.29 is 17.6 Å². The number of carbonyl (C=O) groups excluding carboxylic acids is 1. The first-order valence-electron chi connectivity index (χ1n) is 10.0. The zero-order chi connectivity index (χ0) is 22.1. The van der Waals surface area contributed by atoms with Crippen LogP contribution in [0.15, 0.2) is 59.3 Å². The average Bonchev–Trinajstić information content (AvgIpc) is 2.72. The summed E-state index contributed by atoms with van der Waals surface area (Å²) in [6, 6.07) is 4.48. The van der Waals surface area contributed by atoms with E-state index in [1.165, 1.54) is 12.1 Å². The van der Waals surface area contributed by atoms with Crippen molar-refractivity contribution in [3.63, 3.8) is 0 Å². The standard InChI is InChI=1S/C22H30FN3O3S/c1-3-5-17(6-4-13-23)15-25-22(27)18-8-10-19(11-9-18)26-30(28,29)20-12-7-16(2)21(24)14-20/h3-7,12-14,18-19,26H,8-11,15,24H2,1-2H3,(H,25,27)/b5-3-,13-4+,17-6+. The van der Waals surface area contributed by atoms with E-state index >= 15 is 0 Å². The molecular weight excluding hydrogens is 405 g/mol. The van der Waals surface area contributed by atoms with E-state index in [1.807, 2.05) is 26.0 Å². The molecule has 1 aliphatic rings. The predicted molar refractivity (Wildman–Crippen MR) is 118 cm³/mol.